The molecule has 1 aliphatic carbocycles. The molecule has 2 fully saturated rings. The predicted molar refractivity (Wildman–Crippen MR) is 107 cm³/mol. The zero-order valence-electron chi connectivity index (χ0n) is 15.5. The van der Waals surface area contributed by atoms with Crippen LogP contribution in [-0.4, -0.2) is 29.3 Å². The third kappa shape index (κ3) is 4.83. The van der Waals surface area contributed by atoms with Crippen molar-refractivity contribution < 1.29 is 9.59 Å². The lowest BCUT2D eigenvalue weighted by molar-refractivity contribution is -0.124. The Morgan fingerprint density at radius 3 is 2.81 bits per heavy atom. The van der Waals surface area contributed by atoms with E-state index in [1.807, 2.05) is 24.3 Å². The van der Waals surface area contributed by atoms with E-state index in [1.54, 1.807) is 0 Å². The summed E-state index contributed by atoms with van der Waals surface area (Å²) in [5.74, 6) is 0.635. The number of carbonyl (C=O) groups is 2. The van der Waals surface area contributed by atoms with E-state index in [1.165, 1.54) is 50.3 Å². The van der Waals surface area contributed by atoms with Crippen LogP contribution in [0.2, 0.25) is 0 Å². The number of amides is 2. The van der Waals surface area contributed by atoms with Gasteiger partial charge in [0.2, 0.25) is 11.8 Å². The molecule has 3 unspecified atom stereocenters. The minimum atomic E-state index is -0.382. The number of carbonyl (C=O) groups excluding carboxylic acids is 2. The first-order chi connectivity index (χ1) is 13.2. The Kier molecular flexibility index (Phi) is 6.00. The van der Waals surface area contributed by atoms with Gasteiger partial charge in [0, 0.05) is 17.4 Å². The van der Waals surface area contributed by atoms with E-state index in [2.05, 4.69) is 21.5 Å². The molecule has 4 N–H and O–H groups in total. The molecule has 1 saturated heterocycles. The summed E-state index contributed by atoms with van der Waals surface area (Å²) in [6.07, 6.45) is 8.97. The number of para-hydroxylation sites is 1. The van der Waals surface area contributed by atoms with Crippen LogP contribution >= 0.6 is 11.8 Å². The normalized spacial score (nSPS) is 28.4. The van der Waals surface area contributed by atoms with Crippen LogP contribution in [0, 0.1) is 5.92 Å². The molecular weight excluding hydrogens is 360 g/mol. The molecule has 1 saturated carbocycles. The molecule has 0 bridgehead atoms. The highest BCUT2D eigenvalue weighted by molar-refractivity contribution is 8.01. The van der Waals surface area contributed by atoms with Crippen LogP contribution in [0.1, 0.15) is 51.4 Å². The monoisotopic (exact) mass is 388 g/mol. The summed E-state index contributed by atoms with van der Waals surface area (Å²) in [7, 11) is 0. The molecule has 27 heavy (non-hydrogen) atoms. The zero-order chi connectivity index (χ0) is 18.6. The van der Waals surface area contributed by atoms with Crippen LogP contribution in [0.15, 0.2) is 29.2 Å². The van der Waals surface area contributed by atoms with E-state index < -0.39 is 0 Å². The van der Waals surface area contributed by atoms with Gasteiger partial charge in [0.05, 0.1) is 17.1 Å². The van der Waals surface area contributed by atoms with Gasteiger partial charge in [0.1, 0.15) is 0 Å². The van der Waals surface area contributed by atoms with Crippen molar-refractivity contribution in [3.63, 3.8) is 0 Å². The van der Waals surface area contributed by atoms with Crippen molar-refractivity contribution in [3.8, 4) is 0 Å². The van der Waals surface area contributed by atoms with Crippen LogP contribution in [0.3, 0.4) is 0 Å². The first kappa shape index (κ1) is 18.8. The Bertz CT molecular complexity index is 692. The smallest absolute Gasteiger partial charge is 0.238 e. The van der Waals surface area contributed by atoms with Gasteiger partial charge in [-0.05, 0) is 30.9 Å². The fourth-order valence-corrected chi connectivity index (χ4v) is 5.46. The molecule has 0 spiro atoms. The predicted octanol–water partition coefficient (Wildman–Crippen LogP) is 2.77. The molecule has 4 rings (SSSR count). The Labute approximate surface area is 164 Å². The van der Waals surface area contributed by atoms with Crippen molar-refractivity contribution in [2.45, 2.75) is 73.7 Å². The molecule has 1 aromatic rings. The molecule has 2 heterocycles. The standard InChI is InChI=1S/C20H28N4O2S/c25-19(12-17-20(26)21-15-8-4-5-9-16(15)27-17)22-18-11-14(23-24-18)10-13-6-2-1-3-7-13/h4-5,8-9,13-14,17-18,23-24H,1-3,6-7,10-12H2,(H,21,26)(H,22,25). The fourth-order valence-electron chi connectivity index (χ4n) is 4.34. The summed E-state index contributed by atoms with van der Waals surface area (Å²) < 4.78 is 0. The van der Waals surface area contributed by atoms with E-state index in [-0.39, 0.29) is 29.7 Å². The largest absolute Gasteiger partial charge is 0.339 e. The summed E-state index contributed by atoms with van der Waals surface area (Å²) in [5.41, 5.74) is 7.37. The molecule has 0 radical (unpaired) electrons. The second kappa shape index (κ2) is 8.63. The molecule has 6 nitrogen and oxygen atoms in total. The molecular formula is C20H28N4O2S. The Morgan fingerprint density at radius 1 is 1.15 bits per heavy atom. The minimum Gasteiger partial charge on any atom is -0.339 e. The second-order valence-corrected chi connectivity index (χ2v) is 9.12. The number of nitrogens with one attached hydrogen (secondary N) is 4. The summed E-state index contributed by atoms with van der Waals surface area (Å²) in [6.45, 7) is 0. The van der Waals surface area contributed by atoms with Gasteiger partial charge >= 0.3 is 0 Å². The quantitative estimate of drug-likeness (QED) is 0.624. The van der Waals surface area contributed by atoms with Crippen LogP contribution < -0.4 is 21.5 Å². The number of hydrazine groups is 1. The topological polar surface area (TPSA) is 82.3 Å². The summed E-state index contributed by atoms with van der Waals surface area (Å²) >= 11 is 1.47. The van der Waals surface area contributed by atoms with Gasteiger partial charge in [-0.2, -0.15) is 0 Å². The average molecular weight is 389 g/mol. The molecule has 2 amide bonds. The van der Waals surface area contributed by atoms with Crippen molar-refractivity contribution in [3.05, 3.63) is 24.3 Å². The molecule has 2 aliphatic heterocycles. The highest BCUT2D eigenvalue weighted by atomic mass is 32.2. The Morgan fingerprint density at radius 2 is 1.96 bits per heavy atom. The van der Waals surface area contributed by atoms with Gasteiger partial charge in [0.15, 0.2) is 0 Å². The first-order valence-electron chi connectivity index (χ1n) is 10.0. The SMILES string of the molecule is O=C(CC1Sc2ccccc2NC1=O)NC1CC(CC2CCCCC2)NN1. The van der Waals surface area contributed by atoms with Crippen molar-refractivity contribution in [1.82, 2.24) is 16.2 Å². The number of thioether (sulfide) groups is 1. The van der Waals surface area contributed by atoms with Crippen molar-refractivity contribution in [2.75, 3.05) is 5.32 Å². The Hall–Kier alpha value is -1.57. The lowest BCUT2D eigenvalue weighted by Crippen LogP contribution is -2.46. The van der Waals surface area contributed by atoms with Gasteiger partial charge in [-0.25, -0.2) is 5.43 Å². The maximum Gasteiger partial charge on any atom is 0.238 e. The molecule has 1 aromatic carbocycles. The van der Waals surface area contributed by atoms with Crippen molar-refractivity contribution in [1.29, 1.82) is 0 Å². The molecule has 3 atom stereocenters. The first-order valence-corrected chi connectivity index (χ1v) is 10.9. The minimum absolute atomic E-state index is 0.0602. The zero-order valence-corrected chi connectivity index (χ0v) is 16.3. The maximum atomic E-state index is 12.4. The lowest BCUT2D eigenvalue weighted by Gasteiger charge is -2.24. The van der Waals surface area contributed by atoms with Gasteiger partial charge in [0.25, 0.3) is 0 Å². The fraction of sp³-hybridized carbons (Fsp3) is 0.600. The van der Waals surface area contributed by atoms with E-state index in [4.69, 9.17) is 0 Å². The van der Waals surface area contributed by atoms with Gasteiger partial charge in [-0.1, -0.05) is 44.2 Å². The van der Waals surface area contributed by atoms with E-state index in [0.717, 1.165) is 22.9 Å². The van der Waals surface area contributed by atoms with Gasteiger partial charge < -0.3 is 10.6 Å². The average Bonchev–Trinajstić information content (AvgIpc) is 3.10. The van der Waals surface area contributed by atoms with Crippen LogP contribution in [0.5, 0.6) is 0 Å². The molecule has 146 valence electrons. The number of hydrogen-bond acceptors (Lipinski definition) is 5. The highest BCUT2D eigenvalue weighted by Crippen LogP contribution is 2.36. The number of benzene rings is 1. The number of rotatable bonds is 5. The Balaban J connectivity index is 1.23. The summed E-state index contributed by atoms with van der Waals surface area (Å²) in [4.78, 5) is 25.7. The number of fused-ring (bicyclic) bond motifs is 1. The van der Waals surface area contributed by atoms with Crippen LogP contribution in [-0.2, 0) is 9.59 Å². The van der Waals surface area contributed by atoms with Gasteiger partial charge in [-0.15, -0.1) is 11.8 Å². The van der Waals surface area contributed by atoms with Crippen LogP contribution in [0.25, 0.3) is 0 Å². The lowest BCUT2D eigenvalue weighted by atomic mass is 9.84. The molecule has 7 heteroatoms. The number of anilines is 1. The maximum absolute atomic E-state index is 12.4. The highest BCUT2D eigenvalue weighted by Gasteiger charge is 2.31. The van der Waals surface area contributed by atoms with E-state index >= 15 is 0 Å². The van der Waals surface area contributed by atoms with Gasteiger partial charge in [-0.3, -0.25) is 15.0 Å². The van der Waals surface area contributed by atoms with E-state index in [9.17, 15) is 9.59 Å². The number of hydrogen-bond donors (Lipinski definition) is 4. The second-order valence-electron chi connectivity index (χ2n) is 7.88. The summed E-state index contributed by atoms with van der Waals surface area (Å²) in [5, 5.41) is 5.54. The third-order valence-corrected chi connectivity index (χ3v) is 7.01. The van der Waals surface area contributed by atoms with Crippen molar-refractivity contribution >= 4 is 29.3 Å². The third-order valence-electron chi connectivity index (χ3n) is 5.74. The van der Waals surface area contributed by atoms with Crippen molar-refractivity contribution in [2.24, 2.45) is 5.92 Å². The van der Waals surface area contributed by atoms with E-state index in [0.29, 0.717) is 6.04 Å². The molecule has 0 aromatic heterocycles. The van der Waals surface area contributed by atoms with Crippen LogP contribution in [0.4, 0.5) is 5.69 Å². The summed E-state index contributed by atoms with van der Waals surface area (Å²) in [6, 6.07) is 8.12. The molecule has 3 aliphatic rings.